The summed E-state index contributed by atoms with van der Waals surface area (Å²) in [4.78, 5) is 2.38. The summed E-state index contributed by atoms with van der Waals surface area (Å²) in [7, 11) is 2.19. The van der Waals surface area contributed by atoms with Crippen LogP contribution in [0.15, 0.2) is 59.2 Å². The summed E-state index contributed by atoms with van der Waals surface area (Å²) in [5.74, 6) is 0.448. The van der Waals surface area contributed by atoms with E-state index in [0.29, 0.717) is 5.92 Å². The Hall–Kier alpha value is -2.06. The van der Waals surface area contributed by atoms with Crippen molar-refractivity contribution in [2.45, 2.75) is 12.5 Å². The Bertz CT molecular complexity index is 744. The number of nitrogens with zero attached hydrogens (tertiary/aromatic N) is 1. The molecule has 2 heteroatoms. The molecule has 100 valence electrons. The van der Waals surface area contributed by atoms with Gasteiger partial charge in [0.15, 0.2) is 0 Å². The quantitative estimate of drug-likeness (QED) is 0.659. The van der Waals surface area contributed by atoms with Crippen molar-refractivity contribution in [2.24, 2.45) is 0 Å². The smallest absolute Gasteiger partial charge is 0.134 e. The monoisotopic (exact) mass is 263 g/mol. The van der Waals surface area contributed by atoms with Crippen LogP contribution in [0, 0.1) is 0 Å². The van der Waals surface area contributed by atoms with Gasteiger partial charge in [0.1, 0.15) is 5.58 Å². The van der Waals surface area contributed by atoms with E-state index in [1.165, 1.54) is 22.1 Å². The molecule has 2 heterocycles. The Kier molecular flexibility index (Phi) is 2.64. The van der Waals surface area contributed by atoms with Crippen LogP contribution in [0.3, 0.4) is 0 Å². The molecule has 0 spiro atoms. The molecule has 1 aromatic heterocycles. The molecule has 0 saturated carbocycles. The summed E-state index contributed by atoms with van der Waals surface area (Å²) in [6, 6.07) is 17.3. The normalized spacial score (nSPS) is 19.1. The number of hydrogen-bond acceptors (Lipinski definition) is 2. The Balaban J connectivity index is 1.90. The van der Waals surface area contributed by atoms with E-state index in [9.17, 15) is 0 Å². The summed E-state index contributed by atoms with van der Waals surface area (Å²) in [5.41, 5.74) is 5.22. The van der Waals surface area contributed by atoms with Gasteiger partial charge in [0.05, 0.1) is 6.26 Å². The Morgan fingerprint density at radius 1 is 1.10 bits per heavy atom. The Labute approximate surface area is 118 Å². The highest BCUT2D eigenvalue weighted by Gasteiger charge is 2.25. The summed E-state index contributed by atoms with van der Waals surface area (Å²) in [6.45, 7) is 2.07. The minimum Gasteiger partial charge on any atom is -0.464 e. The zero-order chi connectivity index (χ0) is 13.5. The fraction of sp³-hybridized carbons (Fsp3) is 0.222. The molecule has 0 amide bonds. The SMILES string of the molecule is CN1Cc2cc3occc3cc2C(c2ccccc2)C1. The van der Waals surface area contributed by atoms with Gasteiger partial charge in [-0.1, -0.05) is 30.3 Å². The Morgan fingerprint density at radius 2 is 1.95 bits per heavy atom. The summed E-state index contributed by atoms with van der Waals surface area (Å²) >= 11 is 0. The van der Waals surface area contributed by atoms with E-state index >= 15 is 0 Å². The van der Waals surface area contributed by atoms with E-state index in [1.54, 1.807) is 6.26 Å². The van der Waals surface area contributed by atoms with Crippen molar-refractivity contribution in [3.05, 3.63) is 71.5 Å². The van der Waals surface area contributed by atoms with Gasteiger partial charge in [-0.05, 0) is 41.9 Å². The molecule has 1 unspecified atom stereocenters. The molecule has 20 heavy (non-hydrogen) atoms. The van der Waals surface area contributed by atoms with Crippen LogP contribution >= 0.6 is 0 Å². The third-order valence-electron chi connectivity index (χ3n) is 4.23. The molecule has 0 bridgehead atoms. The van der Waals surface area contributed by atoms with Gasteiger partial charge in [-0.15, -0.1) is 0 Å². The lowest BCUT2D eigenvalue weighted by molar-refractivity contribution is 0.295. The first-order valence-corrected chi connectivity index (χ1v) is 7.05. The van der Waals surface area contributed by atoms with Gasteiger partial charge in [0.2, 0.25) is 0 Å². The molecule has 0 fully saturated rings. The van der Waals surface area contributed by atoms with E-state index in [-0.39, 0.29) is 0 Å². The number of furan rings is 1. The van der Waals surface area contributed by atoms with Gasteiger partial charge in [0, 0.05) is 24.4 Å². The highest BCUT2D eigenvalue weighted by Crippen LogP contribution is 2.35. The van der Waals surface area contributed by atoms with Crippen molar-refractivity contribution in [3.63, 3.8) is 0 Å². The number of benzene rings is 2. The molecule has 0 aliphatic carbocycles. The topological polar surface area (TPSA) is 16.4 Å². The van der Waals surface area contributed by atoms with Gasteiger partial charge in [-0.3, -0.25) is 0 Å². The molecule has 4 rings (SSSR count). The standard InChI is InChI=1S/C18H17NO/c1-19-11-15-10-18-14(7-8-20-18)9-16(15)17(12-19)13-5-3-2-4-6-13/h2-10,17H,11-12H2,1H3. The van der Waals surface area contributed by atoms with Crippen molar-refractivity contribution < 1.29 is 4.42 Å². The lowest BCUT2D eigenvalue weighted by Gasteiger charge is -2.32. The maximum Gasteiger partial charge on any atom is 0.134 e. The van der Waals surface area contributed by atoms with Crippen molar-refractivity contribution in [3.8, 4) is 0 Å². The van der Waals surface area contributed by atoms with Gasteiger partial charge < -0.3 is 9.32 Å². The summed E-state index contributed by atoms with van der Waals surface area (Å²) in [5, 5.41) is 1.20. The average molecular weight is 263 g/mol. The lowest BCUT2D eigenvalue weighted by Crippen LogP contribution is -2.30. The van der Waals surface area contributed by atoms with E-state index in [1.807, 2.05) is 0 Å². The summed E-state index contributed by atoms with van der Waals surface area (Å²) in [6.07, 6.45) is 1.78. The van der Waals surface area contributed by atoms with Crippen molar-refractivity contribution in [1.29, 1.82) is 0 Å². The molecule has 1 aliphatic rings. The van der Waals surface area contributed by atoms with Gasteiger partial charge in [-0.25, -0.2) is 0 Å². The van der Waals surface area contributed by atoms with E-state index in [2.05, 4.69) is 60.5 Å². The predicted octanol–water partition coefficient (Wildman–Crippen LogP) is 4.01. The minimum atomic E-state index is 0.448. The maximum atomic E-state index is 5.54. The van der Waals surface area contributed by atoms with Crippen molar-refractivity contribution >= 4 is 11.0 Å². The largest absolute Gasteiger partial charge is 0.464 e. The zero-order valence-electron chi connectivity index (χ0n) is 11.5. The van der Waals surface area contributed by atoms with E-state index in [4.69, 9.17) is 4.42 Å². The third kappa shape index (κ3) is 1.84. The van der Waals surface area contributed by atoms with Crippen LogP contribution in [-0.2, 0) is 6.54 Å². The molecule has 1 atom stereocenters. The summed E-state index contributed by atoms with van der Waals surface area (Å²) < 4.78 is 5.54. The molecule has 3 aromatic rings. The highest BCUT2D eigenvalue weighted by atomic mass is 16.3. The molecule has 2 nitrogen and oxygen atoms in total. The first-order valence-electron chi connectivity index (χ1n) is 7.05. The van der Waals surface area contributed by atoms with E-state index in [0.717, 1.165) is 18.7 Å². The number of hydrogen-bond donors (Lipinski definition) is 0. The second-order valence-electron chi connectivity index (χ2n) is 5.67. The third-order valence-corrected chi connectivity index (χ3v) is 4.23. The number of likely N-dealkylation sites (N-methyl/N-ethyl adjacent to an activating group) is 1. The van der Waals surface area contributed by atoms with Gasteiger partial charge >= 0.3 is 0 Å². The second-order valence-corrected chi connectivity index (χ2v) is 5.67. The lowest BCUT2D eigenvalue weighted by atomic mass is 9.84. The molecule has 2 aromatic carbocycles. The average Bonchev–Trinajstić information content (AvgIpc) is 2.92. The van der Waals surface area contributed by atoms with Crippen LogP contribution in [0.5, 0.6) is 0 Å². The Morgan fingerprint density at radius 3 is 2.80 bits per heavy atom. The minimum absolute atomic E-state index is 0.448. The first kappa shape index (κ1) is 11.7. The number of fused-ring (bicyclic) bond motifs is 2. The van der Waals surface area contributed by atoms with Crippen LogP contribution in [0.25, 0.3) is 11.0 Å². The van der Waals surface area contributed by atoms with Crippen LogP contribution in [-0.4, -0.2) is 18.5 Å². The first-order chi connectivity index (χ1) is 9.81. The van der Waals surface area contributed by atoms with Gasteiger partial charge in [-0.2, -0.15) is 0 Å². The van der Waals surface area contributed by atoms with Crippen molar-refractivity contribution in [2.75, 3.05) is 13.6 Å². The number of rotatable bonds is 1. The molecule has 0 N–H and O–H groups in total. The molecule has 0 radical (unpaired) electrons. The van der Waals surface area contributed by atoms with Crippen molar-refractivity contribution in [1.82, 2.24) is 4.90 Å². The molecule has 1 aliphatic heterocycles. The fourth-order valence-corrected chi connectivity index (χ4v) is 3.27. The highest BCUT2D eigenvalue weighted by molar-refractivity contribution is 5.79. The van der Waals surface area contributed by atoms with Crippen LogP contribution < -0.4 is 0 Å². The van der Waals surface area contributed by atoms with Crippen LogP contribution in [0.1, 0.15) is 22.6 Å². The van der Waals surface area contributed by atoms with E-state index < -0.39 is 0 Å². The fourth-order valence-electron chi connectivity index (χ4n) is 3.27. The molecular weight excluding hydrogens is 246 g/mol. The predicted molar refractivity (Wildman–Crippen MR) is 80.8 cm³/mol. The molecular formula is C18H17NO. The van der Waals surface area contributed by atoms with Crippen LogP contribution in [0.2, 0.25) is 0 Å². The maximum absolute atomic E-state index is 5.54. The zero-order valence-corrected chi connectivity index (χ0v) is 11.5. The van der Waals surface area contributed by atoms with Crippen LogP contribution in [0.4, 0.5) is 0 Å². The molecule has 0 saturated heterocycles. The second kappa shape index (κ2) is 4.50. The van der Waals surface area contributed by atoms with Gasteiger partial charge in [0.25, 0.3) is 0 Å².